The van der Waals surface area contributed by atoms with Crippen molar-refractivity contribution < 1.29 is 4.79 Å². The zero-order chi connectivity index (χ0) is 14.1. The van der Waals surface area contributed by atoms with Crippen LogP contribution in [0.2, 0.25) is 0 Å². The molecule has 2 N–H and O–H groups in total. The topological polar surface area (TPSA) is 48.1 Å². The van der Waals surface area contributed by atoms with Gasteiger partial charge in [0.05, 0.1) is 5.56 Å². The van der Waals surface area contributed by atoms with Gasteiger partial charge in [-0.25, -0.2) is 0 Å². The highest BCUT2D eigenvalue weighted by Gasteiger charge is 2.21. The summed E-state index contributed by atoms with van der Waals surface area (Å²) in [6, 6.07) is 6.20. The number of rotatable bonds is 2. The van der Waals surface area contributed by atoms with Gasteiger partial charge in [-0.3, -0.25) is 4.79 Å². The summed E-state index contributed by atoms with van der Waals surface area (Å²) in [5, 5.41) is 4.32. The summed E-state index contributed by atoms with van der Waals surface area (Å²) in [7, 11) is 0. The van der Waals surface area contributed by atoms with Crippen LogP contribution in [0.5, 0.6) is 0 Å². The van der Waals surface area contributed by atoms with Gasteiger partial charge >= 0.3 is 0 Å². The zero-order valence-corrected chi connectivity index (χ0v) is 12.1. The Morgan fingerprint density at radius 2 is 2.00 bits per heavy atom. The van der Waals surface area contributed by atoms with Crippen molar-refractivity contribution in [3.05, 3.63) is 35.5 Å². The van der Waals surface area contributed by atoms with Crippen LogP contribution >= 0.6 is 0 Å². The Hall–Kier alpha value is -1.81. The van der Waals surface area contributed by atoms with Gasteiger partial charge in [0.15, 0.2) is 0 Å². The molecule has 1 aliphatic heterocycles. The highest BCUT2D eigenvalue weighted by molar-refractivity contribution is 6.07. The van der Waals surface area contributed by atoms with Crippen LogP contribution in [0.4, 0.5) is 0 Å². The maximum Gasteiger partial charge on any atom is 0.256 e. The summed E-state index contributed by atoms with van der Waals surface area (Å²) in [5.41, 5.74) is 3.16. The van der Waals surface area contributed by atoms with Crippen LogP contribution in [-0.4, -0.2) is 42.0 Å². The molecule has 0 aliphatic carbocycles. The number of carbonyl (C=O) groups is 1. The van der Waals surface area contributed by atoms with Gasteiger partial charge in [-0.1, -0.05) is 32.0 Å². The first kappa shape index (κ1) is 13.2. The van der Waals surface area contributed by atoms with Gasteiger partial charge in [0.25, 0.3) is 5.91 Å². The quantitative estimate of drug-likeness (QED) is 0.880. The molecule has 4 heteroatoms. The minimum atomic E-state index is 0.138. The van der Waals surface area contributed by atoms with Crippen LogP contribution in [0.3, 0.4) is 0 Å². The van der Waals surface area contributed by atoms with E-state index in [4.69, 9.17) is 0 Å². The summed E-state index contributed by atoms with van der Waals surface area (Å²) in [5.74, 6) is 0.582. The molecule has 0 atom stereocenters. The van der Waals surface area contributed by atoms with Crippen LogP contribution in [0.25, 0.3) is 10.9 Å². The van der Waals surface area contributed by atoms with Crippen LogP contribution in [-0.2, 0) is 0 Å². The van der Waals surface area contributed by atoms with Gasteiger partial charge in [0.1, 0.15) is 0 Å². The number of hydrogen-bond donors (Lipinski definition) is 2. The van der Waals surface area contributed by atoms with E-state index in [-0.39, 0.29) is 5.91 Å². The predicted octanol–water partition coefficient (Wildman–Crippen LogP) is 2.34. The molecule has 0 bridgehead atoms. The van der Waals surface area contributed by atoms with E-state index in [1.165, 1.54) is 5.56 Å². The van der Waals surface area contributed by atoms with E-state index >= 15 is 0 Å². The van der Waals surface area contributed by atoms with Gasteiger partial charge in [-0.2, -0.15) is 0 Å². The molecule has 1 aromatic carbocycles. The maximum absolute atomic E-state index is 12.6. The minimum absolute atomic E-state index is 0.138. The number of benzene rings is 1. The van der Waals surface area contributed by atoms with E-state index < -0.39 is 0 Å². The van der Waals surface area contributed by atoms with Crippen LogP contribution in [0.1, 0.15) is 35.7 Å². The molecule has 4 nitrogen and oxygen atoms in total. The number of piperazine rings is 1. The van der Waals surface area contributed by atoms with Crippen molar-refractivity contribution in [3.8, 4) is 0 Å². The van der Waals surface area contributed by atoms with E-state index in [0.717, 1.165) is 42.6 Å². The van der Waals surface area contributed by atoms with Gasteiger partial charge < -0.3 is 15.2 Å². The number of fused-ring (bicyclic) bond motifs is 1. The summed E-state index contributed by atoms with van der Waals surface area (Å²) in [6.07, 6.45) is 1.86. The van der Waals surface area contributed by atoms with E-state index in [1.807, 2.05) is 23.2 Å². The largest absolute Gasteiger partial charge is 0.360 e. The van der Waals surface area contributed by atoms with Crippen molar-refractivity contribution in [2.75, 3.05) is 26.2 Å². The molecule has 106 valence electrons. The van der Waals surface area contributed by atoms with E-state index in [0.29, 0.717) is 5.92 Å². The van der Waals surface area contributed by atoms with Gasteiger partial charge in [0, 0.05) is 43.3 Å². The third-order valence-corrected chi connectivity index (χ3v) is 4.00. The fourth-order valence-corrected chi connectivity index (χ4v) is 2.87. The number of H-pyrrole nitrogens is 1. The fraction of sp³-hybridized carbons (Fsp3) is 0.438. The molecule has 2 aromatic rings. The fourth-order valence-electron chi connectivity index (χ4n) is 2.87. The molecule has 1 fully saturated rings. The Labute approximate surface area is 119 Å². The lowest BCUT2D eigenvalue weighted by Gasteiger charge is -2.27. The van der Waals surface area contributed by atoms with Crippen LogP contribution < -0.4 is 5.32 Å². The highest BCUT2D eigenvalue weighted by atomic mass is 16.2. The van der Waals surface area contributed by atoms with Gasteiger partial charge in [0.2, 0.25) is 0 Å². The SMILES string of the molecule is CC(C)c1cccc2c(C(=O)N3CCNCC3)c[nH]c12. The first-order chi connectivity index (χ1) is 9.68. The number of nitrogens with one attached hydrogen (secondary N) is 2. The summed E-state index contributed by atoms with van der Waals surface area (Å²) in [4.78, 5) is 17.9. The van der Waals surface area contributed by atoms with Crippen molar-refractivity contribution in [2.24, 2.45) is 0 Å². The molecule has 0 saturated carbocycles. The maximum atomic E-state index is 12.6. The number of amides is 1. The number of nitrogens with zero attached hydrogens (tertiary/aromatic N) is 1. The van der Waals surface area contributed by atoms with E-state index in [2.05, 4.69) is 30.2 Å². The molecular weight excluding hydrogens is 250 g/mol. The van der Waals surface area contributed by atoms with Crippen LogP contribution in [0, 0.1) is 0 Å². The second-order valence-corrected chi connectivity index (χ2v) is 5.67. The average molecular weight is 271 g/mol. The second kappa shape index (κ2) is 5.29. The first-order valence-electron chi connectivity index (χ1n) is 7.28. The smallest absolute Gasteiger partial charge is 0.256 e. The van der Waals surface area contributed by atoms with Gasteiger partial charge in [-0.05, 0) is 11.5 Å². The van der Waals surface area contributed by atoms with Crippen molar-refractivity contribution in [1.82, 2.24) is 15.2 Å². The molecule has 2 heterocycles. The predicted molar refractivity (Wildman–Crippen MR) is 81.2 cm³/mol. The third kappa shape index (κ3) is 2.20. The molecule has 0 spiro atoms. The van der Waals surface area contributed by atoms with E-state index in [1.54, 1.807) is 0 Å². The number of aromatic nitrogens is 1. The number of carbonyl (C=O) groups excluding carboxylic acids is 1. The molecule has 3 rings (SSSR count). The molecule has 1 saturated heterocycles. The molecule has 0 unspecified atom stereocenters. The zero-order valence-electron chi connectivity index (χ0n) is 12.1. The third-order valence-electron chi connectivity index (χ3n) is 4.00. The minimum Gasteiger partial charge on any atom is -0.360 e. The lowest BCUT2D eigenvalue weighted by molar-refractivity contribution is 0.0738. The number of para-hydroxylation sites is 1. The van der Waals surface area contributed by atoms with Gasteiger partial charge in [-0.15, -0.1) is 0 Å². The number of aromatic amines is 1. The molecule has 1 amide bonds. The molecule has 20 heavy (non-hydrogen) atoms. The summed E-state index contributed by atoms with van der Waals surface area (Å²) in [6.45, 7) is 7.68. The van der Waals surface area contributed by atoms with Crippen molar-refractivity contribution in [1.29, 1.82) is 0 Å². The normalized spacial score (nSPS) is 16.1. The Kier molecular flexibility index (Phi) is 3.49. The highest BCUT2D eigenvalue weighted by Crippen LogP contribution is 2.27. The van der Waals surface area contributed by atoms with Crippen molar-refractivity contribution in [3.63, 3.8) is 0 Å². The lowest BCUT2D eigenvalue weighted by atomic mass is 9.99. The average Bonchev–Trinajstić information content (AvgIpc) is 2.91. The summed E-state index contributed by atoms with van der Waals surface area (Å²) < 4.78 is 0. The standard InChI is InChI=1S/C16H21N3O/c1-11(2)12-4-3-5-13-14(10-18-15(12)13)16(20)19-8-6-17-7-9-19/h3-5,10-11,17-18H,6-9H2,1-2H3. The lowest BCUT2D eigenvalue weighted by Crippen LogP contribution is -2.46. The van der Waals surface area contributed by atoms with Crippen LogP contribution in [0.15, 0.2) is 24.4 Å². The Bertz CT molecular complexity index is 624. The number of hydrogen-bond acceptors (Lipinski definition) is 2. The molecule has 0 radical (unpaired) electrons. The first-order valence-corrected chi connectivity index (χ1v) is 7.28. The Balaban J connectivity index is 2.00. The van der Waals surface area contributed by atoms with E-state index in [9.17, 15) is 4.79 Å². The monoisotopic (exact) mass is 271 g/mol. The molecular formula is C16H21N3O. The van der Waals surface area contributed by atoms with Crippen molar-refractivity contribution in [2.45, 2.75) is 19.8 Å². The molecule has 1 aliphatic rings. The Morgan fingerprint density at radius 3 is 2.70 bits per heavy atom. The van der Waals surface area contributed by atoms with Crippen molar-refractivity contribution >= 4 is 16.8 Å². The Morgan fingerprint density at radius 1 is 1.25 bits per heavy atom. The summed E-state index contributed by atoms with van der Waals surface area (Å²) >= 11 is 0. The second-order valence-electron chi connectivity index (χ2n) is 5.67. The molecule has 1 aromatic heterocycles.